The minimum atomic E-state index is -0.0893. The van der Waals surface area contributed by atoms with Gasteiger partial charge in [-0.2, -0.15) is 0 Å². The van der Waals surface area contributed by atoms with Gasteiger partial charge in [0, 0.05) is 29.7 Å². The van der Waals surface area contributed by atoms with Gasteiger partial charge in [-0.25, -0.2) is 0 Å². The van der Waals surface area contributed by atoms with Gasteiger partial charge in [0.05, 0.1) is 12.1 Å². The van der Waals surface area contributed by atoms with Crippen molar-refractivity contribution in [2.45, 2.75) is 44.8 Å². The summed E-state index contributed by atoms with van der Waals surface area (Å²) in [6.45, 7) is 4.69. The van der Waals surface area contributed by atoms with Crippen LogP contribution in [0.1, 0.15) is 43.5 Å². The molecular formula is C20H26N2O. The zero-order chi connectivity index (χ0) is 15.6. The van der Waals surface area contributed by atoms with Crippen molar-refractivity contribution in [3.63, 3.8) is 0 Å². The van der Waals surface area contributed by atoms with Crippen LogP contribution < -0.4 is 0 Å². The summed E-state index contributed by atoms with van der Waals surface area (Å²) in [6.07, 6.45) is 4.50. The van der Waals surface area contributed by atoms with E-state index in [2.05, 4.69) is 41.1 Å². The van der Waals surface area contributed by atoms with Crippen LogP contribution in [-0.2, 0) is 6.42 Å². The van der Waals surface area contributed by atoms with Gasteiger partial charge in [-0.15, -0.1) is 0 Å². The smallest absolute Gasteiger partial charge is 0.0568 e. The maximum Gasteiger partial charge on any atom is 0.0568 e. The van der Waals surface area contributed by atoms with Crippen LogP contribution in [0.25, 0.3) is 10.9 Å². The number of piperidine rings is 1. The fourth-order valence-electron chi connectivity index (χ4n) is 5.62. The van der Waals surface area contributed by atoms with Crippen LogP contribution in [0.15, 0.2) is 24.3 Å². The normalized spacial score (nSPS) is 37.2. The molecule has 0 bridgehead atoms. The second kappa shape index (κ2) is 5.09. The monoisotopic (exact) mass is 310 g/mol. The van der Waals surface area contributed by atoms with Gasteiger partial charge in [-0.1, -0.05) is 25.1 Å². The molecule has 1 aliphatic carbocycles. The number of hydrogen-bond donors (Lipinski definition) is 2. The van der Waals surface area contributed by atoms with Gasteiger partial charge in [-0.3, -0.25) is 4.90 Å². The first-order valence-corrected chi connectivity index (χ1v) is 9.24. The first kappa shape index (κ1) is 14.1. The summed E-state index contributed by atoms with van der Waals surface area (Å²) in [4.78, 5) is 6.44. The molecule has 3 nitrogen and oxygen atoms in total. The third kappa shape index (κ3) is 2.03. The van der Waals surface area contributed by atoms with E-state index in [0.717, 1.165) is 12.3 Å². The van der Waals surface area contributed by atoms with Crippen molar-refractivity contribution in [2.75, 3.05) is 13.1 Å². The Labute approximate surface area is 137 Å². The Balaban J connectivity index is 1.54. The molecule has 2 fully saturated rings. The molecular weight excluding hydrogens is 284 g/mol. The molecule has 3 aliphatic rings. The topological polar surface area (TPSA) is 39.3 Å². The molecule has 2 N–H and O–H groups in total. The summed E-state index contributed by atoms with van der Waals surface area (Å²) < 4.78 is 0. The number of fused-ring (bicyclic) bond motifs is 6. The number of para-hydroxylation sites is 1. The van der Waals surface area contributed by atoms with Gasteiger partial charge < -0.3 is 10.1 Å². The molecule has 2 aliphatic heterocycles. The summed E-state index contributed by atoms with van der Waals surface area (Å²) in [5.41, 5.74) is 4.30. The van der Waals surface area contributed by atoms with Crippen molar-refractivity contribution in [1.29, 1.82) is 0 Å². The SMILES string of the molecule is CC1C(O)CCC2CN3CCc4c([nH]c5ccccc45)C3CC21. The Hall–Kier alpha value is -1.32. The number of aromatic nitrogens is 1. The lowest BCUT2D eigenvalue weighted by molar-refractivity contribution is -0.0492. The number of aliphatic hydroxyl groups is 1. The highest BCUT2D eigenvalue weighted by atomic mass is 16.3. The predicted molar refractivity (Wildman–Crippen MR) is 92.3 cm³/mol. The summed E-state index contributed by atoms with van der Waals surface area (Å²) in [5, 5.41) is 11.7. The van der Waals surface area contributed by atoms with Gasteiger partial charge in [0.25, 0.3) is 0 Å². The maximum absolute atomic E-state index is 10.3. The van der Waals surface area contributed by atoms with E-state index in [0.29, 0.717) is 17.9 Å². The minimum Gasteiger partial charge on any atom is -0.393 e. The zero-order valence-corrected chi connectivity index (χ0v) is 13.8. The van der Waals surface area contributed by atoms with Crippen LogP contribution in [0.2, 0.25) is 0 Å². The summed E-state index contributed by atoms with van der Waals surface area (Å²) in [6, 6.07) is 9.27. The van der Waals surface area contributed by atoms with E-state index in [1.807, 2.05) is 0 Å². The Kier molecular flexibility index (Phi) is 3.11. The first-order valence-electron chi connectivity index (χ1n) is 9.24. The number of nitrogens with zero attached hydrogens (tertiary/aromatic N) is 1. The molecule has 0 spiro atoms. The Morgan fingerprint density at radius 2 is 2.09 bits per heavy atom. The number of H-pyrrole nitrogens is 1. The standard InChI is InChI=1S/C20H26N2O/c1-12-16-10-18-20-15(14-4-2-3-5-17(14)21-20)8-9-22(18)11-13(16)6-7-19(12)23/h2-5,12-13,16,18-19,21,23H,6-11H2,1H3. The van der Waals surface area contributed by atoms with E-state index in [4.69, 9.17) is 0 Å². The lowest BCUT2D eigenvalue weighted by atomic mass is 9.65. The number of benzene rings is 1. The third-order valence-corrected chi connectivity index (χ3v) is 6.96. The number of nitrogens with one attached hydrogen (secondary N) is 1. The van der Waals surface area contributed by atoms with Crippen molar-refractivity contribution in [2.24, 2.45) is 17.8 Å². The third-order valence-electron chi connectivity index (χ3n) is 6.96. The number of hydrogen-bond acceptors (Lipinski definition) is 2. The van der Waals surface area contributed by atoms with Crippen LogP contribution in [0.4, 0.5) is 0 Å². The largest absolute Gasteiger partial charge is 0.393 e. The average Bonchev–Trinajstić information content (AvgIpc) is 2.96. The molecule has 122 valence electrons. The van der Waals surface area contributed by atoms with E-state index in [1.165, 1.54) is 48.9 Å². The van der Waals surface area contributed by atoms with Crippen molar-refractivity contribution in [1.82, 2.24) is 9.88 Å². The number of aliphatic hydroxyl groups excluding tert-OH is 1. The molecule has 1 aromatic heterocycles. The molecule has 3 heteroatoms. The second-order valence-corrected chi connectivity index (χ2v) is 7.99. The minimum absolute atomic E-state index is 0.0893. The van der Waals surface area contributed by atoms with Gasteiger partial charge in [-0.05, 0) is 55.1 Å². The molecule has 1 saturated carbocycles. The number of rotatable bonds is 0. The van der Waals surface area contributed by atoms with Crippen LogP contribution in [0.5, 0.6) is 0 Å². The Morgan fingerprint density at radius 1 is 1.22 bits per heavy atom. The highest BCUT2D eigenvalue weighted by molar-refractivity contribution is 5.85. The summed E-state index contributed by atoms with van der Waals surface area (Å²) >= 11 is 0. The second-order valence-electron chi connectivity index (χ2n) is 7.99. The predicted octanol–water partition coefficient (Wildman–Crippen LogP) is 3.49. The van der Waals surface area contributed by atoms with E-state index in [-0.39, 0.29) is 6.10 Å². The molecule has 0 radical (unpaired) electrons. The first-order chi connectivity index (χ1) is 11.2. The van der Waals surface area contributed by atoms with Gasteiger partial charge in [0.15, 0.2) is 0 Å². The fraction of sp³-hybridized carbons (Fsp3) is 0.600. The zero-order valence-electron chi connectivity index (χ0n) is 13.8. The molecule has 2 aromatic rings. The summed E-state index contributed by atoms with van der Waals surface area (Å²) in [5.74, 6) is 1.92. The molecule has 5 unspecified atom stereocenters. The lowest BCUT2D eigenvalue weighted by Crippen LogP contribution is -2.50. The fourth-order valence-corrected chi connectivity index (χ4v) is 5.62. The van der Waals surface area contributed by atoms with Crippen molar-refractivity contribution < 1.29 is 5.11 Å². The molecule has 1 aromatic carbocycles. The van der Waals surface area contributed by atoms with Crippen LogP contribution >= 0.6 is 0 Å². The number of aromatic amines is 1. The van der Waals surface area contributed by atoms with Gasteiger partial charge in [0.1, 0.15) is 0 Å². The highest BCUT2D eigenvalue weighted by Gasteiger charge is 2.45. The van der Waals surface area contributed by atoms with Crippen molar-refractivity contribution in [3.05, 3.63) is 35.5 Å². The van der Waals surface area contributed by atoms with Gasteiger partial charge in [0.2, 0.25) is 0 Å². The van der Waals surface area contributed by atoms with Crippen LogP contribution in [-0.4, -0.2) is 34.2 Å². The lowest BCUT2D eigenvalue weighted by Gasteiger charge is -2.51. The van der Waals surface area contributed by atoms with Crippen LogP contribution in [0.3, 0.4) is 0 Å². The quantitative estimate of drug-likeness (QED) is 0.782. The Bertz CT molecular complexity index is 736. The molecule has 0 amide bonds. The molecule has 5 rings (SSSR count). The summed E-state index contributed by atoms with van der Waals surface area (Å²) in [7, 11) is 0. The van der Waals surface area contributed by atoms with E-state index in [9.17, 15) is 5.11 Å². The molecule has 3 heterocycles. The Morgan fingerprint density at radius 3 is 3.00 bits per heavy atom. The van der Waals surface area contributed by atoms with E-state index < -0.39 is 0 Å². The van der Waals surface area contributed by atoms with E-state index in [1.54, 1.807) is 5.56 Å². The maximum atomic E-state index is 10.3. The van der Waals surface area contributed by atoms with Crippen molar-refractivity contribution >= 4 is 10.9 Å². The average molecular weight is 310 g/mol. The molecule has 5 atom stereocenters. The molecule has 1 saturated heterocycles. The van der Waals surface area contributed by atoms with Gasteiger partial charge >= 0.3 is 0 Å². The van der Waals surface area contributed by atoms with E-state index >= 15 is 0 Å². The van der Waals surface area contributed by atoms with Crippen molar-refractivity contribution in [3.8, 4) is 0 Å². The van der Waals surface area contributed by atoms with Crippen LogP contribution in [0, 0.1) is 17.8 Å². The molecule has 23 heavy (non-hydrogen) atoms. The highest BCUT2D eigenvalue weighted by Crippen LogP contribution is 2.48.